The van der Waals surface area contributed by atoms with Crippen LogP contribution in [0.5, 0.6) is 0 Å². The Balaban J connectivity index is 2.02. The van der Waals surface area contributed by atoms with Crippen molar-refractivity contribution >= 4 is 17.4 Å². The van der Waals surface area contributed by atoms with E-state index < -0.39 is 6.23 Å². The number of para-hydroxylation sites is 1. The van der Waals surface area contributed by atoms with Crippen molar-refractivity contribution in [3.8, 4) is 0 Å². The van der Waals surface area contributed by atoms with E-state index in [-0.39, 0.29) is 5.50 Å². The van der Waals surface area contributed by atoms with Gasteiger partial charge in [-0.1, -0.05) is 23.9 Å². The van der Waals surface area contributed by atoms with Gasteiger partial charge in [-0.05, 0) is 26.0 Å². The molecule has 84 valence electrons. The van der Waals surface area contributed by atoms with Gasteiger partial charge >= 0.3 is 0 Å². The van der Waals surface area contributed by atoms with Crippen LogP contribution in [0.2, 0.25) is 0 Å². The summed E-state index contributed by atoms with van der Waals surface area (Å²) in [7, 11) is 0. The number of hydrogen-bond acceptors (Lipinski definition) is 4. The Kier molecular flexibility index (Phi) is 2.16. The van der Waals surface area contributed by atoms with E-state index in [4.69, 9.17) is 0 Å². The first-order chi connectivity index (χ1) is 7.68. The van der Waals surface area contributed by atoms with Crippen molar-refractivity contribution in [2.24, 2.45) is 0 Å². The fourth-order valence-electron chi connectivity index (χ4n) is 2.30. The van der Waals surface area contributed by atoms with Crippen LogP contribution in [-0.4, -0.2) is 21.7 Å². The molecule has 1 N–H and O–H groups in total. The minimum atomic E-state index is -0.451. The highest BCUT2D eigenvalue weighted by molar-refractivity contribution is 8.00. The molecule has 2 atom stereocenters. The second kappa shape index (κ2) is 3.43. The Bertz CT molecular complexity index is 458. The Morgan fingerprint density at radius 3 is 2.88 bits per heavy atom. The average molecular weight is 234 g/mol. The number of allylic oxidation sites excluding steroid dienone is 1. The molecular formula is C12H14N2OS. The van der Waals surface area contributed by atoms with Crippen LogP contribution < -0.4 is 4.90 Å². The van der Waals surface area contributed by atoms with Gasteiger partial charge in [0.05, 0.1) is 5.69 Å². The molecule has 2 aliphatic heterocycles. The molecule has 1 aromatic rings. The Hall–Kier alpha value is -1.13. The minimum absolute atomic E-state index is 0.178. The quantitative estimate of drug-likeness (QED) is 0.807. The minimum Gasteiger partial charge on any atom is -0.374 e. The highest BCUT2D eigenvalue weighted by Crippen LogP contribution is 2.48. The van der Waals surface area contributed by atoms with E-state index in [1.54, 1.807) is 11.8 Å². The Morgan fingerprint density at radius 2 is 2.12 bits per heavy atom. The smallest absolute Gasteiger partial charge is 0.161 e. The molecule has 0 amide bonds. The molecule has 0 spiro atoms. The number of thioether (sulfide) groups is 1. The summed E-state index contributed by atoms with van der Waals surface area (Å²) in [6.45, 7) is 3.85. The number of fused-ring (bicyclic) bond motifs is 3. The van der Waals surface area contributed by atoms with E-state index in [2.05, 4.69) is 35.4 Å². The Morgan fingerprint density at radius 1 is 1.38 bits per heavy atom. The van der Waals surface area contributed by atoms with Gasteiger partial charge in [-0.25, -0.2) is 0 Å². The fraction of sp³-hybridized carbons (Fsp3) is 0.333. The lowest BCUT2D eigenvalue weighted by molar-refractivity contribution is 0.0455. The van der Waals surface area contributed by atoms with Crippen LogP contribution in [0.3, 0.4) is 0 Å². The van der Waals surface area contributed by atoms with Crippen LogP contribution in [0, 0.1) is 0 Å². The zero-order chi connectivity index (χ0) is 11.3. The van der Waals surface area contributed by atoms with Gasteiger partial charge in [-0.3, -0.25) is 0 Å². The summed E-state index contributed by atoms with van der Waals surface area (Å²) in [4.78, 5) is 5.54. The Labute approximate surface area is 99.4 Å². The molecule has 0 saturated heterocycles. The van der Waals surface area contributed by atoms with Crippen LogP contribution in [0.25, 0.3) is 0 Å². The van der Waals surface area contributed by atoms with Crippen molar-refractivity contribution in [1.29, 1.82) is 0 Å². The summed E-state index contributed by atoms with van der Waals surface area (Å²) in [5, 5.41) is 9.79. The van der Waals surface area contributed by atoms with Crippen molar-refractivity contribution in [3.63, 3.8) is 0 Å². The molecule has 0 aliphatic carbocycles. The van der Waals surface area contributed by atoms with Crippen molar-refractivity contribution in [2.45, 2.75) is 30.5 Å². The van der Waals surface area contributed by atoms with E-state index in [9.17, 15) is 5.11 Å². The first kappa shape index (κ1) is 10.1. The SMILES string of the molecule is CC1=CN2c3ccccc3SC2N1C(C)O. The summed E-state index contributed by atoms with van der Waals surface area (Å²) < 4.78 is 0. The van der Waals surface area contributed by atoms with Gasteiger partial charge in [0, 0.05) is 16.8 Å². The summed E-state index contributed by atoms with van der Waals surface area (Å²) in [6, 6.07) is 8.35. The molecule has 0 fully saturated rings. The summed E-state index contributed by atoms with van der Waals surface area (Å²) >= 11 is 1.79. The third-order valence-electron chi connectivity index (χ3n) is 2.99. The number of aliphatic hydroxyl groups is 1. The van der Waals surface area contributed by atoms with Crippen molar-refractivity contribution in [1.82, 2.24) is 4.90 Å². The standard InChI is InChI=1S/C12H14N2OS/c1-8-7-13-10-5-3-4-6-11(10)16-12(13)14(8)9(2)15/h3-7,9,12,15H,1-2H3. The predicted octanol–water partition coefficient (Wildman–Crippen LogP) is 2.40. The predicted molar refractivity (Wildman–Crippen MR) is 65.8 cm³/mol. The third-order valence-corrected chi connectivity index (χ3v) is 4.25. The van der Waals surface area contributed by atoms with Crippen molar-refractivity contribution < 1.29 is 5.11 Å². The van der Waals surface area contributed by atoms with E-state index >= 15 is 0 Å². The molecule has 0 aromatic heterocycles. The first-order valence-electron chi connectivity index (χ1n) is 5.37. The summed E-state index contributed by atoms with van der Waals surface area (Å²) in [5.41, 5.74) is 2.53. The van der Waals surface area contributed by atoms with Crippen molar-refractivity contribution in [2.75, 3.05) is 4.90 Å². The topological polar surface area (TPSA) is 26.7 Å². The molecular weight excluding hydrogens is 220 g/mol. The van der Waals surface area contributed by atoms with Crippen LogP contribution in [0.15, 0.2) is 41.1 Å². The number of benzene rings is 1. The lowest BCUT2D eigenvalue weighted by Gasteiger charge is -2.30. The van der Waals surface area contributed by atoms with E-state index in [1.165, 1.54) is 10.6 Å². The average Bonchev–Trinajstić information content (AvgIpc) is 2.71. The van der Waals surface area contributed by atoms with Crippen LogP contribution in [-0.2, 0) is 0 Å². The molecule has 0 radical (unpaired) electrons. The van der Waals surface area contributed by atoms with Crippen molar-refractivity contribution in [3.05, 3.63) is 36.2 Å². The van der Waals surface area contributed by atoms with E-state index in [1.807, 2.05) is 18.7 Å². The number of rotatable bonds is 1. The second-order valence-corrected chi connectivity index (χ2v) is 5.23. The maximum absolute atomic E-state index is 9.79. The molecule has 4 heteroatoms. The van der Waals surface area contributed by atoms with Gasteiger partial charge in [0.25, 0.3) is 0 Å². The molecule has 0 bridgehead atoms. The number of hydrogen-bond donors (Lipinski definition) is 1. The highest BCUT2D eigenvalue weighted by Gasteiger charge is 2.39. The lowest BCUT2D eigenvalue weighted by atomic mass is 10.3. The zero-order valence-corrected chi connectivity index (χ0v) is 10.1. The summed E-state index contributed by atoms with van der Waals surface area (Å²) in [5.74, 6) is 0. The van der Waals surface area contributed by atoms with Crippen LogP contribution in [0.4, 0.5) is 5.69 Å². The third kappa shape index (κ3) is 1.26. The van der Waals surface area contributed by atoms with E-state index in [0.29, 0.717) is 0 Å². The lowest BCUT2D eigenvalue weighted by Crippen LogP contribution is -2.39. The fourth-order valence-corrected chi connectivity index (χ4v) is 3.73. The molecule has 1 aromatic carbocycles. The van der Waals surface area contributed by atoms with Gasteiger partial charge in [0.2, 0.25) is 0 Å². The number of nitrogens with zero attached hydrogens (tertiary/aromatic N) is 2. The van der Waals surface area contributed by atoms with Crippen LogP contribution >= 0.6 is 11.8 Å². The maximum atomic E-state index is 9.79. The number of aliphatic hydroxyl groups excluding tert-OH is 1. The normalized spacial score (nSPS) is 24.2. The molecule has 3 nitrogen and oxygen atoms in total. The van der Waals surface area contributed by atoms with Crippen LogP contribution in [0.1, 0.15) is 13.8 Å². The summed E-state index contributed by atoms with van der Waals surface area (Å²) in [6.07, 6.45) is 1.66. The molecule has 2 aliphatic rings. The molecule has 2 heterocycles. The monoisotopic (exact) mass is 234 g/mol. The molecule has 0 saturated carbocycles. The first-order valence-corrected chi connectivity index (χ1v) is 6.25. The highest BCUT2D eigenvalue weighted by atomic mass is 32.2. The van der Waals surface area contributed by atoms with Gasteiger partial charge in [-0.2, -0.15) is 0 Å². The molecule has 16 heavy (non-hydrogen) atoms. The van der Waals surface area contributed by atoms with E-state index in [0.717, 1.165) is 5.70 Å². The van der Waals surface area contributed by atoms with Gasteiger partial charge in [-0.15, -0.1) is 0 Å². The van der Waals surface area contributed by atoms with Gasteiger partial charge in [0.1, 0.15) is 6.23 Å². The van der Waals surface area contributed by atoms with Gasteiger partial charge in [0.15, 0.2) is 5.50 Å². The second-order valence-electron chi connectivity index (χ2n) is 4.13. The zero-order valence-electron chi connectivity index (χ0n) is 9.29. The largest absolute Gasteiger partial charge is 0.374 e. The van der Waals surface area contributed by atoms with Gasteiger partial charge < -0.3 is 14.9 Å². The number of anilines is 1. The molecule has 2 unspecified atom stereocenters. The maximum Gasteiger partial charge on any atom is 0.161 e. The molecule has 3 rings (SSSR count).